The maximum absolute atomic E-state index is 6.13. The summed E-state index contributed by atoms with van der Waals surface area (Å²) in [5.74, 6) is 0. The topological polar surface area (TPSA) is 49.8 Å². The Hall–Kier alpha value is -2.56. The average Bonchev–Trinajstić information content (AvgIpc) is 2.74. The smallest absolute Gasteiger partial charge is 0.0737 e. The molecule has 1 aliphatic rings. The highest BCUT2D eigenvalue weighted by Gasteiger charge is 2.23. The lowest BCUT2D eigenvalue weighted by molar-refractivity contribution is 0.428. The number of anilines is 2. The van der Waals surface area contributed by atoms with E-state index < -0.39 is 0 Å². The third kappa shape index (κ3) is 4.03. The molecular formula is C24H22Cl2N4. The molecule has 1 aliphatic carbocycles. The van der Waals surface area contributed by atoms with Crippen molar-refractivity contribution in [2.45, 2.75) is 37.8 Å². The van der Waals surface area contributed by atoms with Crippen LogP contribution in [-0.2, 0) is 0 Å². The molecule has 2 heterocycles. The minimum absolute atomic E-state index is 0.403. The van der Waals surface area contributed by atoms with Gasteiger partial charge in [-0.1, -0.05) is 23.2 Å². The zero-order valence-corrected chi connectivity index (χ0v) is 17.9. The number of aromatic nitrogens is 2. The third-order valence-electron chi connectivity index (χ3n) is 5.80. The molecule has 6 heteroatoms. The maximum Gasteiger partial charge on any atom is 0.0737 e. The van der Waals surface area contributed by atoms with Gasteiger partial charge in [-0.2, -0.15) is 0 Å². The monoisotopic (exact) mass is 436 g/mol. The molecule has 4 nitrogen and oxygen atoms in total. The second-order valence-electron chi connectivity index (χ2n) is 7.89. The van der Waals surface area contributed by atoms with E-state index in [2.05, 4.69) is 20.6 Å². The third-order valence-corrected chi connectivity index (χ3v) is 6.27. The van der Waals surface area contributed by atoms with Crippen molar-refractivity contribution >= 4 is 56.4 Å². The molecule has 30 heavy (non-hydrogen) atoms. The van der Waals surface area contributed by atoms with Crippen LogP contribution in [0.2, 0.25) is 10.0 Å². The van der Waals surface area contributed by atoms with Gasteiger partial charge in [-0.15, -0.1) is 0 Å². The van der Waals surface area contributed by atoms with Gasteiger partial charge in [-0.3, -0.25) is 9.97 Å². The van der Waals surface area contributed by atoms with Crippen LogP contribution < -0.4 is 10.6 Å². The van der Waals surface area contributed by atoms with Gasteiger partial charge in [0, 0.05) is 56.7 Å². The fourth-order valence-electron chi connectivity index (χ4n) is 4.39. The van der Waals surface area contributed by atoms with Crippen molar-refractivity contribution in [1.82, 2.24) is 9.97 Å². The first kappa shape index (κ1) is 19.4. The molecule has 2 aromatic heterocycles. The SMILES string of the molecule is Clc1ccc2c(N[C@@H]3CCC[C@@H](Nc4ccnc5cc(Cl)ccc45)C3)ccnc2c1. The summed E-state index contributed by atoms with van der Waals surface area (Å²) in [4.78, 5) is 8.90. The Morgan fingerprint density at radius 3 is 1.70 bits per heavy atom. The van der Waals surface area contributed by atoms with Gasteiger partial charge in [-0.25, -0.2) is 0 Å². The number of benzene rings is 2. The highest BCUT2D eigenvalue weighted by Crippen LogP contribution is 2.31. The maximum atomic E-state index is 6.13. The summed E-state index contributed by atoms with van der Waals surface area (Å²) >= 11 is 12.3. The van der Waals surface area contributed by atoms with Crippen molar-refractivity contribution < 1.29 is 0 Å². The van der Waals surface area contributed by atoms with Crippen LogP contribution in [0, 0.1) is 0 Å². The summed E-state index contributed by atoms with van der Waals surface area (Å²) in [7, 11) is 0. The van der Waals surface area contributed by atoms with Crippen LogP contribution in [0.3, 0.4) is 0 Å². The normalized spacial score (nSPS) is 19.1. The Labute approximate surface area is 185 Å². The van der Waals surface area contributed by atoms with Gasteiger partial charge in [-0.05, 0) is 74.2 Å². The van der Waals surface area contributed by atoms with Gasteiger partial charge in [0.15, 0.2) is 0 Å². The molecule has 2 atom stereocenters. The molecule has 0 amide bonds. The van der Waals surface area contributed by atoms with Crippen LogP contribution in [0.15, 0.2) is 60.9 Å². The zero-order valence-electron chi connectivity index (χ0n) is 16.4. The molecule has 2 aromatic carbocycles. The molecule has 0 saturated heterocycles. The van der Waals surface area contributed by atoms with E-state index in [-0.39, 0.29) is 0 Å². The van der Waals surface area contributed by atoms with Crippen LogP contribution in [0.4, 0.5) is 11.4 Å². The first-order chi connectivity index (χ1) is 14.7. The molecule has 1 fully saturated rings. The number of fused-ring (bicyclic) bond motifs is 2. The second kappa shape index (κ2) is 8.29. The van der Waals surface area contributed by atoms with Gasteiger partial charge in [0.1, 0.15) is 0 Å². The molecule has 152 valence electrons. The Balaban J connectivity index is 1.34. The number of rotatable bonds is 4. The lowest BCUT2D eigenvalue weighted by atomic mass is 9.90. The van der Waals surface area contributed by atoms with Crippen molar-refractivity contribution in [3.63, 3.8) is 0 Å². The molecule has 0 bridgehead atoms. The molecular weight excluding hydrogens is 415 g/mol. The number of halogens is 2. The van der Waals surface area contributed by atoms with Crippen LogP contribution in [0.25, 0.3) is 21.8 Å². The summed E-state index contributed by atoms with van der Waals surface area (Å²) in [6.45, 7) is 0. The standard InChI is InChI=1S/C24H22Cl2N4/c25-15-4-6-19-21(8-10-27-23(19)12-15)29-17-2-1-3-18(14-17)30-22-9-11-28-24-13-16(26)5-7-20(22)24/h4-13,17-18H,1-3,14H2,(H,27,29)(H,28,30)/t17-,18-/m1/s1. The quantitative estimate of drug-likeness (QED) is 0.364. The summed E-state index contributed by atoms with van der Waals surface area (Å²) in [5, 5.41) is 11.1. The minimum atomic E-state index is 0.403. The van der Waals surface area contributed by atoms with E-state index >= 15 is 0 Å². The Morgan fingerprint density at radius 2 is 1.20 bits per heavy atom. The molecule has 5 rings (SSSR count). The number of hydrogen-bond acceptors (Lipinski definition) is 4. The summed E-state index contributed by atoms with van der Waals surface area (Å²) in [6.07, 6.45) is 8.22. The predicted molar refractivity (Wildman–Crippen MR) is 127 cm³/mol. The molecule has 0 aliphatic heterocycles. The molecule has 2 N–H and O–H groups in total. The van der Waals surface area contributed by atoms with Crippen molar-refractivity contribution in [1.29, 1.82) is 0 Å². The van der Waals surface area contributed by atoms with Gasteiger partial charge in [0.05, 0.1) is 11.0 Å². The predicted octanol–water partition coefficient (Wildman–Crippen LogP) is 6.93. The zero-order chi connectivity index (χ0) is 20.5. The Morgan fingerprint density at radius 1 is 0.700 bits per heavy atom. The lowest BCUT2D eigenvalue weighted by Gasteiger charge is -2.32. The van der Waals surface area contributed by atoms with Gasteiger partial charge < -0.3 is 10.6 Å². The summed E-state index contributed by atoms with van der Waals surface area (Å²) < 4.78 is 0. The van der Waals surface area contributed by atoms with Gasteiger partial charge in [0.2, 0.25) is 0 Å². The van der Waals surface area contributed by atoms with Gasteiger partial charge >= 0.3 is 0 Å². The lowest BCUT2D eigenvalue weighted by Crippen LogP contribution is -2.34. The number of hydrogen-bond donors (Lipinski definition) is 2. The van der Waals surface area contributed by atoms with Gasteiger partial charge in [0.25, 0.3) is 0 Å². The fourth-order valence-corrected chi connectivity index (χ4v) is 4.72. The number of nitrogens with zero attached hydrogens (tertiary/aromatic N) is 2. The number of nitrogens with one attached hydrogen (secondary N) is 2. The molecule has 1 saturated carbocycles. The summed E-state index contributed by atoms with van der Waals surface area (Å²) in [5.41, 5.74) is 4.07. The average molecular weight is 437 g/mol. The van der Waals surface area contributed by atoms with Crippen molar-refractivity contribution in [2.75, 3.05) is 10.6 Å². The van der Waals surface area contributed by atoms with E-state index in [9.17, 15) is 0 Å². The van der Waals surface area contributed by atoms with Crippen LogP contribution in [-0.4, -0.2) is 22.1 Å². The Bertz CT molecular complexity index is 1120. The molecule has 0 spiro atoms. The van der Waals surface area contributed by atoms with E-state index in [0.29, 0.717) is 22.1 Å². The summed E-state index contributed by atoms with van der Waals surface area (Å²) in [6, 6.07) is 16.6. The van der Waals surface area contributed by atoms with E-state index in [1.54, 1.807) is 0 Å². The van der Waals surface area contributed by atoms with Crippen LogP contribution in [0.1, 0.15) is 25.7 Å². The first-order valence-corrected chi connectivity index (χ1v) is 11.0. The first-order valence-electron chi connectivity index (χ1n) is 10.3. The number of pyridine rings is 2. The molecule has 0 unspecified atom stereocenters. The molecule has 4 aromatic rings. The van der Waals surface area contributed by atoms with Crippen molar-refractivity contribution in [3.05, 3.63) is 71.0 Å². The van der Waals surface area contributed by atoms with Crippen LogP contribution in [0.5, 0.6) is 0 Å². The highest BCUT2D eigenvalue weighted by atomic mass is 35.5. The van der Waals surface area contributed by atoms with E-state index in [1.807, 2.05) is 60.9 Å². The minimum Gasteiger partial charge on any atom is -0.382 e. The van der Waals surface area contributed by atoms with Crippen molar-refractivity contribution in [3.8, 4) is 0 Å². The van der Waals surface area contributed by atoms with E-state index in [1.165, 1.54) is 6.42 Å². The fraction of sp³-hybridized carbons (Fsp3) is 0.250. The highest BCUT2D eigenvalue weighted by molar-refractivity contribution is 6.31. The Kier molecular flexibility index (Phi) is 5.36. The van der Waals surface area contributed by atoms with Crippen LogP contribution >= 0.6 is 23.2 Å². The second-order valence-corrected chi connectivity index (χ2v) is 8.76. The van der Waals surface area contributed by atoms with E-state index in [4.69, 9.17) is 23.2 Å². The molecule has 0 radical (unpaired) electrons. The largest absolute Gasteiger partial charge is 0.382 e. The van der Waals surface area contributed by atoms with Crippen molar-refractivity contribution in [2.24, 2.45) is 0 Å². The van der Waals surface area contributed by atoms with E-state index in [0.717, 1.165) is 52.4 Å².